The van der Waals surface area contributed by atoms with E-state index in [1.54, 1.807) is 6.20 Å². The molecule has 1 aliphatic carbocycles. The Balaban J connectivity index is 2.16. The van der Waals surface area contributed by atoms with Gasteiger partial charge in [-0.05, 0) is 18.8 Å². The van der Waals surface area contributed by atoms with Crippen LogP contribution in [0, 0.1) is 11.5 Å². The van der Waals surface area contributed by atoms with Gasteiger partial charge < -0.3 is 5.11 Å². The Bertz CT molecular complexity index is 538. The standard InChI is InChI=1S/C14H19NO2SSi/c1-19(2,3)9-6-13-15-10-12(18-13)14(17)7-4-11(16)5-8-14/h10,17H,4-5,7-8H2,1-3H3. The number of ketones is 1. The number of Topliss-reactive ketones (excluding diaryl/α,β-unsaturated/α-hetero) is 1. The lowest BCUT2D eigenvalue weighted by Crippen LogP contribution is -2.30. The number of hydrogen-bond acceptors (Lipinski definition) is 4. The Morgan fingerprint density at radius 2 is 2.00 bits per heavy atom. The molecule has 1 N–H and O–H groups in total. The van der Waals surface area contributed by atoms with E-state index in [-0.39, 0.29) is 5.78 Å². The Hall–Kier alpha value is -0.963. The first kappa shape index (κ1) is 14.4. The van der Waals surface area contributed by atoms with E-state index in [9.17, 15) is 9.90 Å². The summed E-state index contributed by atoms with van der Waals surface area (Å²) in [5, 5.41) is 11.3. The lowest BCUT2D eigenvalue weighted by molar-refractivity contribution is -0.125. The minimum atomic E-state index is -1.40. The Morgan fingerprint density at radius 3 is 2.58 bits per heavy atom. The summed E-state index contributed by atoms with van der Waals surface area (Å²) in [6.45, 7) is 6.57. The van der Waals surface area contributed by atoms with Crippen LogP contribution in [0.25, 0.3) is 0 Å². The Labute approximate surface area is 119 Å². The zero-order chi connectivity index (χ0) is 14.1. The van der Waals surface area contributed by atoms with Gasteiger partial charge in [0.05, 0.1) is 4.88 Å². The fourth-order valence-electron chi connectivity index (χ4n) is 1.98. The minimum absolute atomic E-state index is 0.243. The molecular weight excluding hydrogens is 274 g/mol. The molecule has 1 fully saturated rings. The highest BCUT2D eigenvalue weighted by atomic mass is 32.1. The van der Waals surface area contributed by atoms with Gasteiger partial charge in [0.2, 0.25) is 0 Å². The van der Waals surface area contributed by atoms with Crippen LogP contribution in [-0.2, 0) is 10.4 Å². The summed E-state index contributed by atoms with van der Waals surface area (Å²) in [5.41, 5.74) is 2.40. The molecule has 102 valence electrons. The highest BCUT2D eigenvalue weighted by molar-refractivity contribution is 7.12. The molecule has 1 aliphatic rings. The van der Waals surface area contributed by atoms with Crippen LogP contribution in [0.15, 0.2) is 6.20 Å². The van der Waals surface area contributed by atoms with Crippen LogP contribution in [0.4, 0.5) is 0 Å². The molecule has 0 aliphatic heterocycles. The van der Waals surface area contributed by atoms with E-state index >= 15 is 0 Å². The summed E-state index contributed by atoms with van der Waals surface area (Å²) >= 11 is 1.46. The average molecular weight is 293 g/mol. The van der Waals surface area contributed by atoms with Crippen molar-refractivity contribution < 1.29 is 9.90 Å². The first-order valence-corrected chi connectivity index (χ1v) is 10.8. The van der Waals surface area contributed by atoms with E-state index in [2.05, 4.69) is 36.1 Å². The zero-order valence-corrected chi connectivity index (χ0v) is 13.4. The monoisotopic (exact) mass is 293 g/mol. The van der Waals surface area contributed by atoms with E-state index in [1.807, 2.05) is 0 Å². The number of rotatable bonds is 1. The number of carbonyl (C=O) groups excluding carboxylic acids is 1. The first-order valence-electron chi connectivity index (χ1n) is 6.52. The van der Waals surface area contributed by atoms with Crippen molar-refractivity contribution in [3.05, 3.63) is 16.1 Å². The number of nitrogens with zero attached hydrogens (tertiary/aromatic N) is 1. The third-order valence-corrected chi connectivity index (χ3v) is 5.12. The highest BCUT2D eigenvalue weighted by Gasteiger charge is 2.35. The second-order valence-corrected chi connectivity index (χ2v) is 11.9. The molecule has 5 heteroatoms. The fourth-order valence-corrected chi connectivity index (χ4v) is 3.48. The smallest absolute Gasteiger partial charge is 0.166 e. The molecule has 0 radical (unpaired) electrons. The SMILES string of the molecule is C[Si](C)(C)C#Cc1ncc(C2(O)CCC(=O)CC2)s1. The zero-order valence-electron chi connectivity index (χ0n) is 11.6. The Morgan fingerprint density at radius 1 is 1.37 bits per heavy atom. The van der Waals surface area contributed by atoms with Crippen LogP contribution in [-0.4, -0.2) is 23.9 Å². The summed E-state index contributed by atoms with van der Waals surface area (Å²) in [5.74, 6) is 3.35. The highest BCUT2D eigenvalue weighted by Crippen LogP contribution is 2.38. The molecule has 0 aromatic carbocycles. The number of aliphatic hydroxyl groups is 1. The molecule has 0 bridgehead atoms. The van der Waals surface area contributed by atoms with Gasteiger partial charge in [-0.3, -0.25) is 4.79 Å². The van der Waals surface area contributed by atoms with Gasteiger partial charge in [-0.25, -0.2) is 4.98 Å². The molecule has 1 aromatic heterocycles. The van der Waals surface area contributed by atoms with Crippen LogP contribution in [0.1, 0.15) is 35.6 Å². The summed E-state index contributed by atoms with van der Waals surface area (Å²) < 4.78 is 0. The van der Waals surface area contributed by atoms with Crippen molar-refractivity contribution >= 4 is 25.2 Å². The summed E-state index contributed by atoms with van der Waals surface area (Å²) in [7, 11) is -1.40. The van der Waals surface area contributed by atoms with E-state index < -0.39 is 13.7 Å². The van der Waals surface area contributed by atoms with E-state index in [1.165, 1.54) is 11.3 Å². The first-order chi connectivity index (χ1) is 8.78. The van der Waals surface area contributed by atoms with E-state index in [0.29, 0.717) is 25.7 Å². The Kier molecular flexibility index (Phi) is 3.95. The average Bonchev–Trinajstić information content (AvgIpc) is 2.79. The summed E-state index contributed by atoms with van der Waals surface area (Å²) in [4.78, 5) is 16.4. The summed E-state index contributed by atoms with van der Waals surface area (Å²) in [6, 6.07) is 0. The van der Waals surface area contributed by atoms with Crippen LogP contribution < -0.4 is 0 Å². The van der Waals surface area contributed by atoms with Gasteiger partial charge in [0.1, 0.15) is 19.5 Å². The van der Waals surface area contributed by atoms with Gasteiger partial charge in [-0.1, -0.05) is 19.6 Å². The van der Waals surface area contributed by atoms with Crippen molar-refractivity contribution in [2.24, 2.45) is 0 Å². The van der Waals surface area contributed by atoms with Gasteiger partial charge in [0.25, 0.3) is 0 Å². The topological polar surface area (TPSA) is 50.2 Å². The lowest BCUT2D eigenvalue weighted by atomic mass is 9.83. The third-order valence-electron chi connectivity index (χ3n) is 3.14. The molecule has 1 heterocycles. The van der Waals surface area contributed by atoms with Crippen LogP contribution in [0.5, 0.6) is 0 Å². The van der Waals surface area contributed by atoms with Gasteiger partial charge >= 0.3 is 0 Å². The molecule has 19 heavy (non-hydrogen) atoms. The number of hydrogen-bond donors (Lipinski definition) is 1. The van der Waals surface area contributed by atoms with Crippen molar-refractivity contribution in [3.63, 3.8) is 0 Å². The minimum Gasteiger partial charge on any atom is -0.384 e. The van der Waals surface area contributed by atoms with Gasteiger partial charge in [0, 0.05) is 19.0 Å². The summed E-state index contributed by atoms with van der Waals surface area (Å²) in [6.07, 6.45) is 3.66. The van der Waals surface area contributed by atoms with Gasteiger partial charge in [0.15, 0.2) is 5.01 Å². The fraction of sp³-hybridized carbons (Fsp3) is 0.571. The van der Waals surface area contributed by atoms with Crippen molar-refractivity contribution in [3.8, 4) is 11.5 Å². The van der Waals surface area contributed by atoms with Crippen molar-refractivity contribution in [1.29, 1.82) is 0 Å². The van der Waals surface area contributed by atoms with Gasteiger partial charge in [-0.2, -0.15) is 0 Å². The van der Waals surface area contributed by atoms with Crippen LogP contribution in [0.2, 0.25) is 19.6 Å². The second kappa shape index (κ2) is 5.20. The maximum Gasteiger partial charge on any atom is 0.166 e. The van der Waals surface area contributed by atoms with Crippen molar-refractivity contribution in [2.45, 2.75) is 50.9 Å². The third kappa shape index (κ3) is 3.75. The largest absolute Gasteiger partial charge is 0.384 e. The molecule has 2 rings (SSSR count). The molecule has 0 saturated heterocycles. The molecule has 1 saturated carbocycles. The molecule has 0 amide bonds. The number of carbonyl (C=O) groups is 1. The maximum atomic E-state index is 11.3. The quantitative estimate of drug-likeness (QED) is 0.640. The number of thiazole rings is 1. The maximum absolute atomic E-state index is 11.3. The predicted octanol–water partition coefficient (Wildman–Crippen LogP) is 2.70. The van der Waals surface area contributed by atoms with E-state index in [4.69, 9.17) is 0 Å². The van der Waals surface area contributed by atoms with Crippen molar-refractivity contribution in [1.82, 2.24) is 4.98 Å². The lowest BCUT2D eigenvalue weighted by Gasteiger charge is -2.29. The normalized spacial score (nSPS) is 18.8. The molecule has 3 nitrogen and oxygen atoms in total. The molecule has 0 spiro atoms. The second-order valence-electron chi connectivity index (χ2n) is 6.10. The number of aromatic nitrogens is 1. The van der Waals surface area contributed by atoms with Crippen molar-refractivity contribution in [2.75, 3.05) is 0 Å². The van der Waals surface area contributed by atoms with Crippen LogP contribution >= 0.6 is 11.3 Å². The van der Waals surface area contributed by atoms with Crippen LogP contribution in [0.3, 0.4) is 0 Å². The molecule has 1 aromatic rings. The molecular formula is C14H19NO2SSi. The molecule has 0 unspecified atom stereocenters. The molecule has 0 atom stereocenters. The predicted molar refractivity (Wildman–Crippen MR) is 79.7 cm³/mol. The van der Waals surface area contributed by atoms with E-state index in [0.717, 1.165) is 9.88 Å². The van der Waals surface area contributed by atoms with Gasteiger partial charge in [-0.15, -0.1) is 16.9 Å².